The van der Waals surface area contributed by atoms with Crippen molar-refractivity contribution >= 4 is 15.7 Å². The second-order valence-electron chi connectivity index (χ2n) is 9.28. The number of nitrogens with one attached hydrogen (secondary N) is 1. The van der Waals surface area contributed by atoms with Crippen LogP contribution in [0.5, 0.6) is 11.5 Å². The Bertz CT molecular complexity index is 1170. The third-order valence-corrected chi connectivity index (χ3v) is 7.69. The van der Waals surface area contributed by atoms with Gasteiger partial charge >= 0.3 is 0 Å². The number of methoxy groups -OCH3 is 1. The van der Waals surface area contributed by atoms with Crippen LogP contribution in [0.4, 0.5) is 5.69 Å². The van der Waals surface area contributed by atoms with Gasteiger partial charge in [-0.1, -0.05) is 13.8 Å². The first-order valence-electron chi connectivity index (χ1n) is 12.2. The Hall–Kier alpha value is -3.01. The fourth-order valence-electron chi connectivity index (χ4n) is 4.23. The van der Waals surface area contributed by atoms with Gasteiger partial charge in [0.05, 0.1) is 30.9 Å². The number of benzene rings is 2. The molecule has 3 aromatic rings. The molecule has 2 heterocycles. The fraction of sp³-hybridized carbons (Fsp3) is 0.407. The average molecular weight is 514 g/mol. The van der Waals surface area contributed by atoms with E-state index in [1.807, 2.05) is 24.3 Å². The molecule has 0 radical (unpaired) electrons. The van der Waals surface area contributed by atoms with Crippen LogP contribution in [0.3, 0.4) is 0 Å². The Morgan fingerprint density at radius 2 is 1.61 bits per heavy atom. The molecule has 0 saturated carbocycles. The van der Waals surface area contributed by atoms with Crippen LogP contribution < -0.4 is 19.1 Å². The Balaban J connectivity index is 1.39. The van der Waals surface area contributed by atoms with E-state index in [1.165, 1.54) is 0 Å². The average Bonchev–Trinajstić information content (AvgIpc) is 3.43. The summed E-state index contributed by atoms with van der Waals surface area (Å²) in [5.41, 5.74) is 1.14. The summed E-state index contributed by atoms with van der Waals surface area (Å²) >= 11 is 0. The van der Waals surface area contributed by atoms with Gasteiger partial charge in [0.1, 0.15) is 17.3 Å². The Morgan fingerprint density at radius 1 is 0.944 bits per heavy atom. The molecule has 0 aliphatic carbocycles. The Labute approximate surface area is 213 Å². The fourth-order valence-corrected chi connectivity index (χ4v) is 5.26. The van der Waals surface area contributed by atoms with Crippen LogP contribution in [0.15, 0.2) is 76.2 Å². The number of rotatable bonds is 11. The molecule has 1 aromatic heterocycles. The van der Waals surface area contributed by atoms with Gasteiger partial charge in [0.2, 0.25) is 10.0 Å². The molecule has 0 spiro atoms. The first kappa shape index (κ1) is 26.1. The molecule has 36 heavy (non-hydrogen) atoms. The number of anilines is 1. The zero-order valence-electron chi connectivity index (χ0n) is 21.1. The molecule has 1 N–H and O–H groups in total. The van der Waals surface area contributed by atoms with Crippen molar-refractivity contribution in [2.24, 2.45) is 5.92 Å². The van der Waals surface area contributed by atoms with E-state index in [0.717, 1.165) is 43.4 Å². The number of sulfonamides is 1. The standard InChI is InChI=1S/C27H35N3O5S/c1-21(2)20-35-24-10-12-25(13-11-24)36(31,32)28-19-26(27-5-4-18-34-27)30-16-14-29(15-17-30)22-6-8-23(33-3)9-7-22/h4-13,18,21,26,28H,14-17,19-20H2,1-3H3. The molecule has 2 aromatic carbocycles. The van der Waals surface area contributed by atoms with Gasteiger partial charge in [0, 0.05) is 38.4 Å². The topological polar surface area (TPSA) is 84.2 Å². The number of piperazine rings is 1. The maximum Gasteiger partial charge on any atom is 0.240 e. The molecule has 1 atom stereocenters. The van der Waals surface area contributed by atoms with E-state index in [2.05, 4.69) is 40.5 Å². The summed E-state index contributed by atoms with van der Waals surface area (Å²) in [5.74, 6) is 2.63. The number of furan rings is 1. The monoisotopic (exact) mass is 513 g/mol. The number of hydrogen-bond donors (Lipinski definition) is 1. The van der Waals surface area contributed by atoms with Crippen LogP contribution in [0.25, 0.3) is 0 Å². The van der Waals surface area contributed by atoms with Crippen molar-refractivity contribution < 1.29 is 22.3 Å². The molecule has 1 aliphatic heterocycles. The lowest BCUT2D eigenvalue weighted by atomic mass is 10.1. The number of nitrogens with zero attached hydrogens (tertiary/aromatic N) is 2. The van der Waals surface area contributed by atoms with Gasteiger partial charge < -0.3 is 18.8 Å². The van der Waals surface area contributed by atoms with Crippen molar-refractivity contribution in [1.82, 2.24) is 9.62 Å². The van der Waals surface area contributed by atoms with Crippen molar-refractivity contribution in [3.8, 4) is 11.5 Å². The van der Waals surface area contributed by atoms with Crippen LogP contribution in [0, 0.1) is 5.92 Å². The molecular formula is C27H35N3O5S. The molecule has 1 aliphatic rings. The molecule has 1 unspecified atom stereocenters. The summed E-state index contributed by atoms with van der Waals surface area (Å²) in [5, 5.41) is 0. The van der Waals surface area contributed by atoms with E-state index in [9.17, 15) is 8.42 Å². The lowest BCUT2D eigenvalue weighted by Gasteiger charge is -2.39. The van der Waals surface area contributed by atoms with Gasteiger partial charge in [0.25, 0.3) is 0 Å². The minimum Gasteiger partial charge on any atom is -0.497 e. The van der Waals surface area contributed by atoms with E-state index >= 15 is 0 Å². The SMILES string of the molecule is COc1ccc(N2CCN(C(CNS(=O)(=O)c3ccc(OCC(C)C)cc3)c3ccco3)CC2)cc1. The predicted octanol–water partition coefficient (Wildman–Crippen LogP) is 4.16. The van der Waals surface area contributed by atoms with Gasteiger partial charge in [-0.25, -0.2) is 13.1 Å². The molecule has 1 fully saturated rings. The Morgan fingerprint density at radius 3 is 2.19 bits per heavy atom. The summed E-state index contributed by atoms with van der Waals surface area (Å²) in [6.45, 7) is 8.14. The van der Waals surface area contributed by atoms with E-state index in [4.69, 9.17) is 13.9 Å². The van der Waals surface area contributed by atoms with Crippen LogP contribution in [0.1, 0.15) is 25.6 Å². The highest BCUT2D eigenvalue weighted by Gasteiger charge is 2.28. The number of hydrogen-bond acceptors (Lipinski definition) is 7. The summed E-state index contributed by atoms with van der Waals surface area (Å²) in [6, 6.07) is 18.1. The van der Waals surface area contributed by atoms with Gasteiger partial charge in [-0.05, 0) is 66.6 Å². The minimum absolute atomic E-state index is 0.207. The summed E-state index contributed by atoms with van der Waals surface area (Å²) in [6.07, 6.45) is 1.63. The molecule has 4 rings (SSSR count). The van der Waals surface area contributed by atoms with E-state index in [0.29, 0.717) is 18.3 Å². The smallest absolute Gasteiger partial charge is 0.240 e. The van der Waals surface area contributed by atoms with Crippen LogP contribution in [-0.2, 0) is 10.0 Å². The van der Waals surface area contributed by atoms with E-state index < -0.39 is 10.0 Å². The molecule has 0 amide bonds. The molecular weight excluding hydrogens is 478 g/mol. The normalized spacial score (nSPS) is 15.7. The molecule has 1 saturated heterocycles. The lowest BCUT2D eigenvalue weighted by molar-refractivity contribution is 0.166. The molecule has 8 nitrogen and oxygen atoms in total. The Kier molecular flexibility index (Phi) is 8.56. The van der Waals surface area contributed by atoms with E-state index in [-0.39, 0.29) is 17.5 Å². The van der Waals surface area contributed by atoms with Gasteiger partial charge in [-0.15, -0.1) is 0 Å². The summed E-state index contributed by atoms with van der Waals surface area (Å²) in [7, 11) is -2.03. The van der Waals surface area contributed by atoms with Crippen LogP contribution >= 0.6 is 0 Å². The van der Waals surface area contributed by atoms with Crippen LogP contribution in [0.2, 0.25) is 0 Å². The zero-order chi connectivity index (χ0) is 25.5. The highest BCUT2D eigenvalue weighted by Crippen LogP contribution is 2.26. The number of ether oxygens (including phenoxy) is 2. The van der Waals surface area contributed by atoms with Crippen molar-refractivity contribution in [3.63, 3.8) is 0 Å². The maximum atomic E-state index is 13.0. The highest BCUT2D eigenvalue weighted by molar-refractivity contribution is 7.89. The first-order valence-corrected chi connectivity index (χ1v) is 13.7. The van der Waals surface area contributed by atoms with Gasteiger partial charge in [0.15, 0.2) is 0 Å². The van der Waals surface area contributed by atoms with Crippen molar-refractivity contribution in [1.29, 1.82) is 0 Å². The second kappa shape index (κ2) is 11.8. The third-order valence-electron chi connectivity index (χ3n) is 6.25. The zero-order valence-corrected chi connectivity index (χ0v) is 21.9. The largest absolute Gasteiger partial charge is 0.497 e. The minimum atomic E-state index is -3.69. The highest BCUT2D eigenvalue weighted by atomic mass is 32.2. The second-order valence-corrected chi connectivity index (χ2v) is 11.0. The molecule has 0 bridgehead atoms. The van der Waals surface area contributed by atoms with Crippen molar-refractivity contribution in [2.45, 2.75) is 24.8 Å². The lowest BCUT2D eigenvalue weighted by Crippen LogP contribution is -2.49. The summed E-state index contributed by atoms with van der Waals surface area (Å²) in [4.78, 5) is 4.80. The predicted molar refractivity (Wildman–Crippen MR) is 140 cm³/mol. The summed E-state index contributed by atoms with van der Waals surface area (Å²) < 4.78 is 45.5. The molecule has 9 heteroatoms. The van der Waals surface area contributed by atoms with Gasteiger partial charge in [-0.3, -0.25) is 4.90 Å². The quantitative estimate of drug-likeness (QED) is 0.412. The van der Waals surface area contributed by atoms with Crippen molar-refractivity contribution in [2.75, 3.05) is 51.3 Å². The third kappa shape index (κ3) is 6.60. The first-order chi connectivity index (χ1) is 17.4. The molecule has 194 valence electrons. The van der Waals surface area contributed by atoms with Gasteiger partial charge in [-0.2, -0.15) is 0 Å². The maximum absolute atomic E-state index is 13.0. The van der Waals surface area contributed by atoms with Crippen molar-refractivity contribution in [3.05, 3.63) is 72.7 Å². The van der Waals surface area contributed by atoms with E-state index in [1.54, 1.807) is 37.6 Å². The van der Waals surface area contributed by atoms with Crippen LogP contribution in [-0.4, -0.2) is 59.8 Å².